The van der Waals surface area contributed by atoms with E-state index in [0.29, 0.717) is 22.2 Å². The van der Waals surface area contributed by atoms with Crippen LogP contribution < -0.4 is 11.2 Å². The maximum Gasteiger partial charge on any atom is 0.234 e. The SMILES string of the molecule is Nn1c(SCC(=O)Nc2cccc3nsnc23)nnc1-c1ccccc1. The Kier molecular flexibility index (Phi) is 4.50. The van der Waals surface area contributed by atoms with E-state index in [-0.39, 0.29) is 11.7 Å². The number of nitrogen functional groups attached to an aromatic ring is 1. The lowest BCUT2D eigenvalue weighted by atomic mass is 10.2. The van der Waals surface area contributed by atoms with E-state index in [9.17, 15) is 4.79 Å². The highest BCUT2D eigenvalue weighted by Crippen LogP contribution is 2.23. The molecule has 2 aromatic carbocycles. The van der Waals surface area contributed by atoms with Gasteiger partial charge < -0.3 is 11.2 Å². The van der Waals surface area contributed by atoms with Crippen molar-refractivity contribution in [1.29, 1.82) is 0 Å². The highest BCUT2D eigenvalue weighted by atomic mass is 32.2. The van der Waals surface area contributed by atoms with E-state index in [1.165, 1.54) is 16.4 Å². The molecule has 0 spiro atoms. The Morgan fingerprint density at radius 3 is 2.81 bits per heavy atom. The minimum atomic E-state index is -0.181. The van der Waals surface area contributed by atoms with Crippen LogP contribution in [0.25, 0.3) is 22.4 Å². The van der Waals surface area contributed by atoms with Crippen molar-refractivity contribution in [3.05, 3.63) is 48.5 Å². The van der Waals surface area contributed by atoms with Crippen LogP contribution in [0.1, 0.15) is 0 Å². The van der Waals surface area contributed by atoms with E-state index in [1.54, 1.807) is 6.07 Å². The van der Waals surface area contributed by atoms with Crippen molar-refractivity contribution in [3.8, 4) is 11.4 Å². The standard InChI is InChI=1S/C16H13N7OS2/c17-23-15(10-5-2-1-3-6-10)19-20-16(23)25-9-13(24)18-11-7-4-8-12-14(11)22-26-21-12/h1-8H,9,17H2,(H,18,24). The fourth-order valence-corrected chi connectivity index (χ4v) is 3.59. The first kappa shape index (κ1) is 16.5. The van der Waals surface area contributed by atoms with Crippen LogP contribution >= 0.6 is 23.5 Å². The van der Waals surface area contributed by atoms with E-state index < -0.39 is 0 Å². The maximum absolute atomic E-state index is 12.3. The number of aromatic nitrogens is 5. The summed E-state index contributed by atoms with van der Waals surface area (Å²) in [4.78, 5) is 12.3. The van der Waals surface area contributed by atoms with E-state index in [0.717, 1.165) is 22.8 Å². The molecule has 0 aliphatic heterocycles. The second-order valence-corrected chi connectivity index (χ2v) is 6.79. The first-order valence-electron chi connectivity index (χ1n) is 7.62. The predicted octanol–water partition coefficient (Wildman–Crippen LogP) is 2.39. The normalized spacial score (nSPS) is 10.9. The lowest BCUT2D eigenvalue weighted by Crippen LogP contribution is -2.16. The number of nitrogens with two attached hydrogens (primary N) is 1. The molecule has 1 amide bonds. The Labute approximate surface area is 156 Å². The molecule has 0 fully saturated rings. The number of rotatable bonds is 5. The van der Waals surface area contributed by atoms with Crippen LogP contribution in [0.2, 0.25) is 0 Å². The van der Waals surface area contributed by atoms with Crippen molar-refractivity contribution in [2.24, 2.45) is 0 Å². The number of carbonyl (C=O) groups is 1. The fraction of sp³-hybridized carbons (Fsp3) is 0.0625. The third-order valence-electron chi connectivity index (χ3n) is 3.59. The van der Waals surface area contributed by atoms with Gasteiger partial charge in [-0.05, 0) is 12.1 Å². The van der Waals surface area contributed by atoms with Gasteiger partial charge in [-0.1, -0.05) is 48.2 Å². The molecule has 8 nitrogen and oxygen atoms in total. The summed E-state index contributed by atoms with van der Waals surface area (Å²) in [5.41, 5.74) is 2.95. The fourth-order valence-electron chi connectivity index (χ4n) is 2.38. The summed E-state index contributed by atoms with van der Waals surface area (Å²) in [6, 6.07) is 15.0. The Morgan fingerprint density at radius 2 is 1.96 bits per heavy atom. The van der Waals surface area contributed by atoms with Crippen LogP contribution in [0.3, 0.4) is 0 Å². The van der Waals surface area contributed by atoms with E-state index in [1.807, 2.05) is 42.5 Å². The molecule has 0 atom stereocenters. The van der Waals surface area contributed by atoms with Gasteiger partial charge in [-0.3, -0.25) is 4.79 Å². The van der Waals surface area contributed by atoms with E-state index in [4.69, 9.17) is 5.84 Å². The average molecular weight is 383 g/mol. The number of nitrogens with zero attached hydrogens (tertiary/aromatic N) is 5. The van der Waals surface area contributed by atoms with Gasteiger partial charge in [0, 0.05) is 5.56 Å². The lowest BCUT2D eigenvalue weighted by Gasteiger charge is -2.06. The highest BCUT2D eigenvalue weighted by molar-refractivity contribution is 7.99. The number of anilines is 1. The topological polar surface area (TPSA) is 112 Å². The third-order valence-corrected chi connectivity index (χ3v) is 5.07. The number of benzene rings is 2. The van der Waals surface area contributed by atoms with Crippen molar-refractivity contribution >= 4 is 46.1 Å². The Balaban J connectivity index is 1.44. The van der Waals surface area contributed by atoms with Crippen molar-refractivity contribution in [2.45, 2.75) is 5.16 Å². The number of carbonyl (C=O) groups excluding carboxylic acids is 1. The molecule has 3 N–H and O–H groups in total. The Hall–Kier alpha value is -2.98. The maximum atomic E-state index is 12.3. The molecule has 2 heterocycles. The van der Waals surface area contributed by atoms with Gasteiger partial charge in [-0.15, -0.1) is 10.2 Å². The lowest BCUT2D eigenvalue weighted by molar-refractivity contribution is -0.113. The Morgan fingerprint density at radius 1 is 1.12 bits per heavy atom. The average Bonchev–Trinajstić information content (AvgIpc) is 3.28. The van der Waals surface area contributed by atoms with E-state index >= 15 is 0 Å². The van der Waals surface area contributed by atoms with Crippen LogP contribution in [-0.2, 0) is 4.79 Å². The van der Waals surface area contributed by atoms with Gasteiger partial charge in [0.2, 0.25) is 11.1 Å². The molecule has 0 bridgehead atoms. The summed E-state index contributed by atoms with van der Waals surface area (Å²) in [5.74, 6) is 6.57. The number of amides is 1. The Bertz CT molecular complexity index is 1060. The van der Waals surface area contributed by atoms with E-state index in [2.05, 4.69) is 24.3 Å². The third kappa shape index (κ3) is 3.24. The van der Waals surface area contributed by atoms with Crippen LogP contribution in [0.15, 0.2) is 53.7 Å². The molecule has 0 aliphatic carbocycles. The van der Waals surface area contributed by atoms with Crippen molar-refractivity contribution < 1.29 is 4.79 Å². The van der Waals surface area contributed by atoms with Gasteiger partial charge in [0.25, 0.3) is 0 Å². The van der Waals surface area contributed by atoms with Crippen LogP contribution in [0.5, 0.6) is 0 Å². The van der Waals surface area contributed by atoms with Gasteiger partial charge >= 0.3 is 0 Å². The minimum absolute atomic E-state index is 0.151. The molecule has 4 aromatic rings. The quantitative estimate of drug-likeness (QED) is 0.402. The van der Waals surface area contributed by atoms with Gasteiger partial charge in [0.15, 0.2) is 5.82 Å². The minimum Gasteiger partial charge on any atom is -0.335 e. The second kappa shape index (κ2) is 7.10. The molecule has 26 heavy (non-hydrogen) atoms. The van der Waals surface area contributed by atoms with Crippen molar-refractivity contribution in [2.75, 3.05) is 16.9 Å². The monoisotopic (exact) mass is 383 g/mol. The summed E-state index contributed by atoms with van der Waals surface area (Å²) >= 11 is 2.33. The molecule has 0 saturated heterocycles. The predicted molar refractivity (Wildman–Crippen MR) is 102 cm³/mol. The zero-order valence-electron chi connectivity index (χ0n) is 13.4. The molecule has 2 aromatic heterocycles. The smallest absolute Gasteiger partial charge is 0.234 e. The first-order valence-corrected chi connectivity index (χ1v) is 9.34. The molecule has 0 saturated carbocycles. The summed E-state index contributed by atoms with van der Waals surface area (Å²) < 4.78 is 9.75. The van der Waals surface area contributed by atoms with Crippen LogP contribution in [0.4, 0.5) is 5.69 Å². The number of fused-ring (bicyclic) bond motifs is 1. The molecule has 0 aliphatic rings. The number of thioether (sulfide) groups is 1. The largest absolute Gasteiger partial charge is 0.335 e. The zero-order valence-corrected chi connectivity index (χ0v) is 15.0. The summed E-state index contributed by atoms with van der Waals surface area (Å²) in [5, 5.41) is 11.5. The highest BCUT2D eigenvalue weighted by Gasteiger charge is 2.14. The molecular formula is C16H13N7OS2. The zero-order chi connectivity index (χ0) is 17.9. The first-order chi connectivity index (χ1) is 12.7. The molecule has 130 valence electrons. The molecular weight excluding hydrogens is 370 g/mol. The second-order valence-electron chi connectivity index (χ2n) is 5.32. The van der Waals surface area contributed by atoms with Crippen LogP contribution in [-0.4, -0.2) is 35.3 Å². The number of hydrogen-bond donors (Lipinski definition) is 2. The molecule has 4 rings (SSSR count). The van der Waals surface area contributed by atoms with Crippen LogP contribution in [0, 0.1) is 0 Å². The molecule has 10 heteroatoms. The summed E-state index contributed by atoms with van der Waals surface area (Å²) in [7, 11) is 0. The van der Waals surface area contributed by atoms with Gasteiger partial charge in [0.05, 0.1) is 23.2 Å². The number of hydrogen-bond acceptors (Lipinski definition) is 8. The molecule has 0 radical (unpaired) electrons. The number of nitrogens with one attached hydrogen (secondary N) is 1. The van der Waals surface area contributed by atoms with Crippen molar-refractivity contribution in [1.82, 2.24) is 23.6 Å². The molecule has 0 unspecified atom stereocenters. The summed E-state index contributed by atoms with van der Waals surface area (Å²) in [6.07, 6.45) is 0. The van der Waals surface area contributed by atoms with Crippen molar-refractivity contribution in [3.63, 3.8) is 0 Å². The van der Waals surface area contributed by atoms with Gasteiger partial charge in [-0.25, -0.2) is 4.68 Å². The summed E-state index contributed by atoms with van der Waals surface area (Å²) in [6.45, 7) is 0. The van der Waals surface area contributed by atoms with Gasteiger partial charge in [-0.2, -0.15) is 8.75 Å². The van der Waals surface area contributed by atoms with Gasteiger partial charge in [0.1, 0.15) is 11.0 Å².